The van der Waals surface area contributed by atoms with Crippen molar-refractivity contribution in [2.45, 2.75) is 6.54 Å². The third-order valence-electron chi connectivity index (χ3n) is 4.23. The van der Waals surface area contributed by atoms with E-state index in [0.717, 1.165) is 4.57 Å². The van der Waals surface area contributed by atoms with Crippen LogP contribution >= 0.6 is 0 Å². The number of hydrogen-bond acceptors (Lipinski definition) is 8. The number of nitrogens with zero attached hydrogens (tertiary/aromatic N) is 5. The van der Waals surface area contributed by atoms with Crippen molar-refractivity contribution >= 4 is 30.7 Å². The van der Waals surface area contributed by atoms with Gasteiger partial charge in [-0.15, -0.1) is 5.10 Å². The van der Waals surface area contributed by atoms with E-state index in [1.165, 1.54) is 36.9 Å². The summed E-state index contributed by atoms with van der Waals surface area (Å²) in [6, 6.07) is 4.11. The summed E-state index contributed by atoms with van der Waals surface area (Å²) in [5, 5.41) is 9.94. The lowest BCUT2D eigenvalue weighted by Crippen LogP contribution is -2.25. The zero-order valence-electron chi connectivity index (χ0n) is 15.6. The summed E-state index contributed by atoms with van der Waals surface area (Å²) < 4.78 is 35.7. The van der Waals surface area contributed by atoms with Crippen LogP contribution in [0.4, 0.5) is 26.2 Å². The van der Waals surface area contributed by atoms with Gasteiger partial charge in [0.05, 0.1) is 35.4 Å². The van der Waals surface area contributed by atoms with Crippen molar-refractivity contribution in [2.24, 2.45) is 0 Å². The third-order valence-corrected chi connectivity index (χ3v) is 4.23. The molecule has 0 aliphatic carbocycles. The van der Waals surface area contributed by atoms with Crippen molar-refractivity contribution in [1.29, 1.82) is 0 Å². The summed E-state index contributed by atoms with van der Waals surface area (Å²) in [4.78, 5) is 20.6. The molecule has 1 aromatic carbocycles. The molecular weight excluding hydrogens is 395 g/mol. The highest BCUT2D eigenvalue weighted by atomic mass is 19.1. The second kappa shape index (κ2) is 7.74. The summed E-state index contributed by atoms with van der Waals surface area (Å²) in [5.41, 5.74) is 5.33. The number of anilines is 3. The maximum atomic E-state index is 15.1. The fraction of sp³-hybridized carbons (Fsp3) is 0.0556. The summed E-state index contributed by atoms with van der Waals surface area (Å²) in [6.07, 6.45) is 5.68. The molecular formula is C18H14BF2N7O2. The van der Waals surface area contributed by atoms with E-state index in [-0.39, 0.29) is 35.4 Å². The van der Waals surface area contributed by atoms with Gasteiger partial charge in [0.2, 0.25) is 5.82 Å². The van der Waals surface area contributed by atoms with Gasteiger partial charge in [-0.2, -0.15) is 4.39 Å². The van der Waals surface area contributed by atoms with Gasteiger partial charge in [-0.05, 0) is 12.1 Å². The number of pyridine rings is 1. The average molecular weight is 409 g/mol. The normalized spacial score (nSPS) is 10.9. The molecule has 0 radical (unpaired) electrons. The first-order valence-corrected chi connectivity index (χ1v) is 8.72. The number of rotatable bonds is 5. The fourth-order valence-electron chi connectivity index (χ4n) is 2.82. The Morgan fingerprint density at radius 1 is 1.23 bits per heavy atom. The topological polar surface area (TPSA) is 125 Å². The Kier molecular flexibility index (Phi) is 4.96. The number of nitrogens with two attached hydrogens (primary N) is 1. The molecule has 12 heteroatoms. The maximum absolute atomic E-state index is 15.1. The SMILES string of the molecule is Bc1ccc(Nc2c(-c3nnc(N)o3)cn(Cc3cnccn3)c(=O)c2F)c(F)c1. The van der Waals surface area contributed by atoms with E-state index >= 15 is 4.39 Å². The maximum Gasteiger partial charge on any atom is 0.313 e. The molecule has 3 N–H and O–H groups in total. The van der Waals surface area contributed by atoms with E-state index in [1.807, 2.05) is 0 Å². The lowest BCUT2D eigenvalue weighted by atomic mass is 9.96. The number of halogens is 2. The van der Waals surface area contributed by atoms with Gasteiger partial charge in [0, 0.05) is 18.6 Å². The summed E-state index contributed by atoms with van der Waals surface area (Å²) in [7, 11) is 1.72. The van der Waals surface area contributed by atoms with E-state index < -0.39 is 17.2 Å². The Morgan fingerprint density at radius 2 is 2.07 bits per heavy atom. The van der Waals surface area contributed by atoms with Gasteiger partial charge in [0.15, 0.2) is 0 Å². The molecule has 150 valence electrons. The summed E-state index contributed by atoms with van der Waals surface area (Å²) in [5.74, 6) is -1.92. The number of benzene rings is 1. The summed E-state index contributed by atoms with van der Waals surface area (Å²) in [6.45, 7) is -0.0562. The van der Waals surface area contributed by atoms with Crippen molar-refractivity contribution in [2.75, 3.05) is 11.1 Å². The predicted molar refractivity (Wildman–Crippen MR) is 107 cm³/mol. The first kappa shape index (κ1) is 19.2. The Morgan fingerprint density at radius 3 is 2.73 bits per heavy atom. The van der Waals surface area contributed by atoms with Crippen LogP contribution in [0, 0.1) is 11.6 Å². The van der Waals surface area contributed by atoms with Gasteiger partial charge in [0.1, 0.15) is 13.7 Å². The number of nitrogens with one attached hydrogen (secondary N) is 1. The lowest BCUT2D eigenvalue weighted by Gasteiger charge is -2.15. The van der Waals surface area contributed by atoms with Crippen LogP contribution in [0.15, 0.2) is 52.2 Å². The molecule has 30 heavy (non-hydrogen) atoms. The van der Waals surface area contributed by atoms with E-state index in [1.54, 1.807) is 13.9 Å². The molecule has 3 aromatic heterocycles. The van der Waals surface area contributed by atoms with Gasteiger partial charge in [0.25, 0.3) is 11.4 Å². The Bertz CT molecular complexity index is 1280. The van der Waals surface area contributed by atoms with Crippen molar-refractivity contribution in [3.05, 3.63) is 70.7 Å². The van der Waals surface area contributed by atoms with Crippen LogP contribution in [-0.4, -0.2) is 32.6 Å². The smallest absolute Gasteiger partial charge is 0.313 e. The highest BCUT2D eigenvalue weighted by Crippen LogP contribution is 2.31. The van der Waals surface area contributed by atoms with Crippen molar-refractivity contribution in [3.63, 3.8) is 0 Å². The van der Waals surface area contributed by atoms with Crippen LogP contribution in [0.2, 0.25) is 0 Å². The van der Waals surface area contributed by atoms with Crippen LogP contribution in [-0.2, 0) is 6.54 Å². The van der Waals surface area contributed by atoms with Crippen LogP contribution < -0.4 is 22.1 Å². The average Bonchev–Trinajstić information content (AvgIpc) is 3.16. The standard InChI is InChI=1S/C18H14BF2N7O2/c19-9-1-2-13(12(20)5-9)25-15-11(16-26-27-18(22)30-16)8-28(17(29)14(15)21)7-10-6-23-3-4-24-10/h1-6,8,25H,7,19H2,(H2,22,27). The molecule has 0 unspecified atom stereocenters. The second-order valence-corrected chi connectivity index (χ2v) is 6.42. The van der Waals surface area contributed by atoms with Crippen LogP contribution in [0.3, 0.4) is 0 Å². The van der Waals surface area contributed by atoms with Gasteiger partial charge >= 0.3 is 6.01 Å². The molecule has 9 nitrogen and oxygen atoms in total. The molecule has 4 aromatic rings. The lowest BCUT2D eigenvalue weighted by molar-refractivity contribution is 0.570. The van der Waals surface area contributed by atoms with Gasteiger partial charge in [-0.1, -0.05) is 16.6 Å². The molecule has 0 aliphatic heterocycles. The molecule has 0 amide bonds. The molecule has 0 aliphatic rings. The Labute approximate surface area is 169 Å². The van der Waals surface area contributed by atoms with E-state index in [4.69, 9.17) is 10.2 Å². The fourth-order valence-corrected chi connectivity index (χ4v) is 2.82. The zero-order chi connectivity index (χ0) is 21.3. The third kappa shape index (κ3) is 3.74. The van der Waals surface area contributed by atoms with Gasteiger partial charge in [-0.25, -0.2) is 4.39 Å². The Hall–Kier alpha value is -4.09. The molecule has 3 heterocycles. The molecule has 0 spiro atoms. The number of hydrogen-bond donors (Lipinski definition) is 2. The predicted octanol–water partition coefficient (Wildman–Crippen LogP) is 0.599. The van der Waals surface area contributed by atoms with E-state index in [0.29, 0.717) is 11.2 Å². The molecule has 0 saturated heterocycles. The van der Waals surface area contributed by atoms with Crippen LogP contribution in [0.25, 0.3) is 11.5 Å². The Balaban J connectivity index is 1.86. The van der Waals surface area contributed by atoms with Gasteiger partial charge < -0.3 is 20.0 Å². The molecule has 4 rings (SSSR count). The van der Waals surface area contributed by atoms with Crippen molar-refractivity contribution < 1.29 is 13.2 Å². The highest BCUT2D eigenvalue weighted by molar-refractivity contribution is 6.32. The highest BCUT2D eigenvalue weighted by Gasteiger charge is 2.22. The number of aromatic nitrogens is 5. The van der Waals surface area contributed by atoms with E-state index in [9.17, 15) is 9.18 Å². The van der Waals surface area contributed by atoms with Crippen LogP contribution in [0.5, 0.6) is 0 Å². The van der Waals surface area contributed by atoms with Crippen molar-refractivity contribution in [1.82, 2.24) is 24.7 Å². The van der Waals surface area contributed by atoms with Gasteiger partial charge in [-0.3, -0.25) is 14.8 Å². The molecule has 0 atom stereocenters. The monoisotopic (exact) mass is 409 g/mol. The van der Waals surface area contributed by atoms with Crippen molar-refractivity contribution in [3.8, 4) is 11.5 Å². The number of nitrogen functional groups attached to an aromatic ring is 1. The molecule has 0 bridgehead atoms. The zero-order valence-corrected chi connectivity index (χ0v) is 15.6. The quantitative estimate of drug-likeness (QED) is 0.459. The minimum absolute atomic E-state index is 0.0279. The second-order valence-electron chi connectivity index (χ2n) is 6.42. The first-order chi connectivity index (χ1) is 14.4. The molecule has 0 saturated carbocycles. The minimum Gasteiger partial charge on any atom is -0.403 e. The first-order valence-electron chi connectivity index (χ1n) is 8.72. The van der Waals surface area contributed by atoms with Crippen LogP contribution in [0.1, 0.15) is 5.69 Å². The minimum atomic E-state index is -1.16. The summed E-state index contributed by atoms with van der Waals surface area (Å²) >= 11 is 0. The largest absolute Gasteiger partial charge is 0.403 e. The molecule has 0 fully saturated rings. The van der Waals surface area contributed by atoms with E-state index in [2.05, 4.69) is 25.5 Å².